The minimum Gasteiger partial charge on any atom is -0.429 e. The molecule has 2 aromatic rings. The highest BCUT2D eigenvalue weighted by atomic mass is 16.7. The van der Waals surface area contributed by atoms with Crippen molar-refractivity contribution in [3.05, 3.63) is 47.8 Å². The summed E-state index contributed by atoms with van der Waals surface area (Å²) in [5.41, 5.74) is 1.55. The van der Waals surface area contributed by atoms with E-state index in [0.29, 0.717) is 11.6 Å². The average molecular weight is 302 g/mol. The van der Waals surface area contributed by atoms with Crippen molar-refractivity contribution in [1.82, 2.24) is 9.97 Å². The molecule has 0 unspecified atom stereocenters. The van der Waals surface area contributed by atoms with Crippen LogP contribution in [0.4, 0.5) is 16.4 Å². The van der Waals surface area contributed by atoms with Crippen molar-refractivity contribution in [3.8, 4) is 0 Å². The normalized spacial score (nSPS) is 9.91. The van der Waals surface area contributed by atoms with E-state index < -0.39 is 6.16 Å². The number of hydrogen-bond donors (Lipinski definition) is 2. The fraction of sp³-hybridized carbons (Fsp3) is 0.267. The quantitative estimate of drug-likeness (QED) is 0.792. The van der Waals surface area contributed by atoms with Crippen molar-refractivity contribution < 1.29 is 14.3 Å². The van der Waals surface area contributed by atoms with Gasteiger partial charge < -0.3 is 20.1 Å². The molecule has 0 fully saturated rings. The smallest absolute Gasteiger partial charge is 0.429 e. The average Bonchev–Trinajstić information content (AvgIpc) is 2.58. The first-order chi connectivity index (χ1) is 10.7. The van der Waals surface area contributed by atoms with Gasteiger partial charge in [0.25, 0.3) is 0 Å². The first-order valence-electron chi connectivity index (χ1n) is 6.77. The highest BCUT2D eigenvalue weighted by molar-refractivity contribution is 5.60. The van der Waals surface area contributed by atoms with E-state index in [1.165, 1.54) is 0 Å². The summed E-state index contributed by atoms with van der Waals surface area (Å²) in [6.07, 6.45) is 2.59. The number of anilines is 2. The molecule has 22 heavy (non-hydrogen) atoms. The molecule has 0 saturated heterocycles. The van der Waals surface area contributed by atoms with E-state index in [1.54, 1.807) is 38.6 Å². The monoisotopic (exact) mass is 302 g/mol. The van der Waals surface area contributed by atoms with Gasteiger partial charge in [-0.05, 0) is 12.1 Å². The van der Waals surface area contributed by atoms with E-state index in [4.69, 9.17) is 9.47 Å². The molecule has 116 valence electrons. The molecule has 2 heterocycles. The second-order valence-corrected chi connectivity index (χ2v) is 4.35. The van der Waals surface area contributed by atoms with Gasteiger partial charge in [-0.25, -0.2) is 14.8 Å². The molecule has 0 bridgehead atoms. The van der Waals surface area contributed by atoms with Crippen LogP contribution in [0.1, 0.15) is 11.1 Å². The fourth-order valence-electron chi connectivity index (χ4n) is 1.88. The number of aromatic nitrogens is 2. The summed E-state index contributed by atoms with van der Waals surface area (Å²) >= 11 is 0. The Bertz CT molecular complexity index is 580. The fourth-order valence-corrected chi connectivity index (χ4v) is 1.88. The van der Waals surface area contributed by atoms with E-state index in [1.807, 2.05) is 12.1 Å². The molecule has 0 aliphatic carbocycles. The number of carbonyl (C=O) groups excluding carboxylic acids is 1. The van der Waals surface area contributed by atoms with Crippen molar-refractivity contribution in [2.75, 3.05) is 24.7 Å². The molecule has 0 aliphatic rings. The van der Waals surface area contributed by atoms with Crippen molar-refractivity contribution in [2.45, 2.75) is 13.2 Å². The van der Waals surface area contributed by atoms with Crippen LogP contribution in [0.3, 0.4) is 0 Å². The highest BCUT2D eigenvalue weighted by Crippen LogP contribution is 2.14. The zero-order chi connectivity index (χ0) is 15.8. The van der Waals surface area contributed by atoms with Gasteiger partial charge in [0.1, 0.15) is 24.8 Å². The zero-order valence-electron chi connectivity index (χ0n) is 12.5. The van der Waals surface area contributed by atoms with E-state index in [9.17, 15) is 4.79 Å². The van der Waals surface area contributed by atoms with Crippen molar-refractivity contribution in [3.63, 3.8) is 0 Å². The molecular formula is C15H18N4O3. The van der Waals surface area contributed by atoms with Crippen LogP contribution >= 0.6 is 0 Å². The second kappa shape index (κ2) is 7.82. The van der Waals surface area contributed by atoms with E-state index in [2.05, 4.69) is 20.6 Å². The minimum atomic E-state index is -0.739. The van der Waals surface area contributed by atoms with E-state index >= 15 is 0 Å². The van der Waals surface area contributed by atoms with Crippen LogP contribution in [0.25, 0.3) is 0 Å². The molecular weight excluding hydrogens is 284 g/mol. The van der Waals surface area contributed by atoms with E-state index in [-0.39, 0.29) is 13.2 Å². The van der Waals surface area contributed by atoms with Crippen LogP contribution in [0.15, 0.2) is 36.7 Å². The molecule has 0 amide bonds. The Balaban J connectivity index is 1.86. The van der Waals surface area contributed by atoms with Crippen LogP contribution in [0.2, 0.25) is 0 Å². The summed E-state index contributed by atoms with van der Waals surface area (Å²) < 4.78 is 10.2. The SMILES string of the molecule is CNc1ncccc1COC(=O)OCc1cccnc1NC. The molecule has 7 nitrogen and oxygen atoms in total. The third-order valence-corrected chi connectivity index (χ3v) is 2.95. The predicted octanol–water partition coefficient (Wildman–Crippen LogP) is 2.41. The van der Waals surface area contributed by atoms with Crippen LogP contribution in [0.5, 0.6) is 0 Å². The topological polar surface area (TPSA) is 85.4 Å². The van der Waals surface area contributed by atoms with Gasteiger partial charge in [0, 0.05) is 37.6 Å². The summed E-state index contributed by atoms with van der Waals surface area (Å²) in [5.74, 6) is 1.33. The summed E-state index contributed by atoms with van der Waals surface area (Å²) in [6, 6.07) is 7.21. The van der Waals surface area contributed by atoms with Gasteiger partial charge in [0.15, 0.2) is 0 Å². The van der Waals surface area contributed by atoms with Gasteiger partial charge in [-0.1, -0.05) is 12.1 Å². The van der Waals surface area contributed by atoms with Crippen LogP contribution < -0.4 is 10.6 Å². The Labute approximate surface area is 128 Å². The summed E-state index contributed by atoms with van der Waals surface area (Å²) in [6.45, 7) is 0.184. The van der Waals surface area contributed by atoms with Crippen molar-refractivity contribution in [2.24, 2.45) is 0 Å². The number of hydrogen-bond acceptors (Lipinski definition) is 7. The van der Waals surface area contributed by atoms with E-state index in [0.717, 1.165) is 11.1 Å². The molecule has 2 rings (SSSR count). The summed E-state index contributed by atoms with van der Waals surface area (Å²) in [7, 11) is 3.51. The molecule has 0 aromatic carbocycles. The maximum atomic E-state index is 11.7. The standard InChI is InChI=1S/C15H18N4O3/c1-16-13-11(5-3-7-18-13)9-21-15(20)22-10-12-6-4-8-19-14(12)17-2/h3-8H,9-10H2,1-2H3,(H,16,18)(H,17,19). The van der Waals surface area contributed by atoms with Crippen LogP contribution in [0, 0.1) is 0 Å². The number of nitrogens with zero attached hydrogens (tertiary/aromatic N) is 2. The largest absolute Gasteiger partial charge is 0.508 e. The summed E-state index contributed by atoms with van der Waals surface area (Å²) in [5, 5.41) is 5.86. The lowest BCUT2D eigenvalue weighted by Crippen LogP contribution is -2.10. The third kappa shape index (κ3) is 4.08. The zero-order valence-corrected chi connectivity index (χ0v) is 12.5. The molecule has 7 heteroatoms. The highest BCUT2D eigenvalue weighted by Gasteiger charge is 2.09. The molecule has 0 spiro atoms. The number of pyridine rings is 2. The molecule has 0 aliphatic heterocycles. The lowest BCUT2D eigenvalue weighted by molar-refractivity contribution is 0.0448. The summed E-state index contributed by atoms with van der Waals surface area (Å²) in [4.78, 5) is 19.9. The molecule has 0 radical (unpaired) electrons. The number of rotatable bonds is 6. The minimum absolute atomic E-state index is 0.0920. The molecule has 0 saturated carbocycles. The van der Waals surface area contributed by atoms with Crippen LogP contribution in [-0.2, 0) is 22.7 Å². The maximum Gasteiger partial charge on any atom is 0.508 e. The van der Waals surface area contributed by atoms with Gasteiger partial charge >= 0.3 is 6.16 Å². The lowest BCUT2D eigenvalue weighted by atomic mass is 10.3. The first-order valence-corrected chi connectivity index (χ1v) is 6.77. The molecule has 2 N–H and O–H groups in total. The predicted molar refractivity (Wildman–Crippen MR) is 82.5 cm³/mol. The van der Waals surface area contributed by atoms with Gasteiger partial charge in [-0.2, -0.15) is 0 Å². The Morgan fingerprint density at radius 3 is 1.82 bits per heavy atom. The Morgan fingerprint density at radius 1 is 0.955 bits per heavy atom. The Kier molecular flexibility index (Phi) is 5.53. The maximum absolute atomic E-state index is 11.7. The van der Waals surface area contributed by atoms with Gasteiger partial charge in [0.05, 0.1) is 0 Å². The number of ether oxygens (including phenoxy) is 2. The molecule has 0 atom stereocenters. The third-order valence-electron chi connectivity index (χ3n) is 2.95. The Morgan fingerprint density at radius 2 is 1.41 bits per heavy atom. The van der Waals surface area contributed by atoms with Gasteiger partial charge in [0.2, 0.25) is 0 Å². The lowest BCUT2D eigenvalue weighted by Gasteiger charge is -2.10. The van der Waals surface area contributed by atoms with Crippen molar-refractivity contribution >= 4 is 17.8 Å². The van der Waals surface area contributed by atoms with Crippen LogP contribution in [-0.4, -0.2) is 30.2 Å². The molecule has 2 aromatic heterocycles. The number of nitrogens with one attached hydrogen (secondary N) is 2. The van der Waals surface area contributed by atoms with Crippen molar-refractivity contribution in [1.29, 1.82) is 0 Å². The number of carbonyl (C=O) groups is 1. The van der Waals surface area contributed by atoms with Gasteiger partial charge in [-0.15, -0.1) is 0 Å². The van der Waals surface area contributed by atoms with Gasteiger partial charge in [-0.3, -0.25) is 0 Å². The Hall–Kier alpha value is -2.83. The second-order valence-electron chi connectivity index (χ2n) is 4.35. The first kappa shape index (κ1) is 15.6.